The molecule has 0 bridgehead atoms. The van der Waals surface area contributed by atoms with Crippen molar-refractivity contribution in [1.29, 1.82) is 0 Å². The second kappa shape index (κ2) is 2.99. The van der Waals surface area contributed by atoms with E-state index in [1.54, 1.807) is 0 Å². The molecule has 2 aliphatic rings. The number of rotatable bonds is 1. The van der Waals surface area contributed by atoms with Gasteiger partial charge in [-0.1, -0.05) is 28.9 Å². The molecule has 1 spiro atoms. The maximum absolute atomic E-state index is 5.86. The zero-order valence-corrected chi connectivity index (χ0v) is 9.91. The van der Waals surface area contributed by atoms with E-state index in [9.17, 15) is 0 Å². The number of oxime groups is 1. The van der Waals surface area contributed by atoms with Gasteiger partial charge in [-0.05, 0) is 26.0 Å². The Hall–Kier alpha value is -1.06. The molecule has 4 heteroatoms. The van der Waals surface area contributed by atoms with Crippen LogP contribution in [0.3, 0.4) is 0 Å². The summed E-state index contributed by atoms with van der Waals surface area (Å²) in [5.74, 6) is 0. The van der Waals surface area contributed by atoms with Crippen molar-refractivity contribution < 1.29 is 9.57 Å². The predicted molar refractivity (Wildman–Crippen MR) is 61.8 cm³/mol. The van der Waals surface area contributed by atoms with Gasteiger partial charge in [-0.25, -0.2) is 0 Å². The summed E-state index contributed by atoms with van der Waals surface area (Å²) < 4.78 is 5.58. The van der Waals surface area contributed by atoms with E-state index in [1.807, 2.05) is 38.1 Å². The zero-order chi connectivity index (χ0) is 11.4. The molecule has 1 saturated heterocycles. The summed E-state index contributed by atoms with van der Waals surface area (Å²) in [6.45, 7) is 4.65. The van der Waals surface area contributed by atoms with Crippen LogP contribution in [0.25, 0.3) is 0 Å². The topological polar surface area (TPSA) is 34.1 Å². The van der Waals surface area contributed by atoms with Gasteiger partial charge in [0, 0.05) is 10.6 Å². The SMILES string of the molecule is CC1(C)ON=C(c2ccc(Cl)cc2)C12CO2. The molecule has 3 rings (SSSR count). The Bertz CT molecular complexity index is 460. The lowest BCUT2D eigenvalue weighted by atomic mass is 9.85. The highest BCUT2D eigenvalue weighted by atomic mass is 35.5. The zero-order valence-electron chi connectivity index (χ0n) is 9.16. The van der Waals surface area contributed by atoms with Crippen LogP contribution in [-0.2, 0) is 9.57 Å². The van der Waals surface area contributed by atoms with Crippen molar-refractivity contribution in [3.05, 3.63) is 34.9 Å². The van der Waals surface area contributed by atoms with Crippen LogP contribution in [0.2, 0.25) is 5.02 Å². The van der Waals surface area contributed by atoms with Crippen LogP contribution < -0.4 is 0 Å². The highest BCUT2D eigenvalue weighted by Gasteiger charge is 2.66. The highest BCUT2D eigenvalue weighted by molar-refractivity contribution is 6.30. The molecule has 1 aromatic carbocycles. The van der Waals surface area contributed by atoms with E-state index < -0.39 is 0 Å². The number of halogens is 1. The lowest BCUT2D eigenvalue weighted by Gasteiger charge is -2.21. The van der Waals surface area contributed by atoms with Gasteiger partial charge in [0.15, 0.2) is 11.2 Å². The third-order valence-corrected chi connectivity index (χ3v) is 3.52. The first-order valence-corrected chi connectivity index (χ1v) is 5.59. The van der Waals surface area contributed by atoms with E-state index in [0.717, 1.165) is 11.3 Å². The third kappa shape index (κ3) is 1.22. The number of hydrogen-bond donors (Lipinski definition) is 0. The lowest BCUT2D eigenvalue weighted by molar-refractivity contribution is -0.0250. The highest BCUT2D eigenvalue weighted by Crippen LogP contribution is 2.47. The molecule has 0 aliphatic carbocycles. The van der Waals surface area contributed by atoms with Gasteiger partial charge in [0.25, 0.3) is 0 Å². The van der Waals surface area contributed by atoms with Crippen LogP contribution >= 0.6 is 11.6 Å². The first-order valence-electron chi connectivity index (χ1n) is 5.22. The molecule has 0 aromatic heterocycles. The Kier molecular flexibility index (Phi) is 1.89. The second-order valence-corrected chi connectivity index (χ2v) is 5.10. The number of ether oxygens (including phenoxy) is 1. The average Bonchev–Trinajstić information content (AvgIpc) is 2.98. The molecular weight excluding hydrogens is 226 g/mol. The van der Waals surface area contributed by atoms with Gasteiger partial charge in [0.05, 0.1) is 6.61 Å². The van der Waals surface area contributed by atoms with Crippen molar-refractivity contribution in [2.75, 3.05) is 6.61 Å². The molecule has 0 radical (unpaired) electrons. The molecule has 1 unspecified atom stereocenters. The smallest absolute Gasteiger partial charge is 0.178 e. The van der Waals surface area contributed by atoms with Gasteiger partial charge >= 0.3 is 0 Å². The van der Waals surface area contributed by atoms with Gasteiger partial charge in [0.2, 0.25) is 0 Å². The van der Waals surface area contributed by atoms with Crippen molar-refractivity contribution in [1.82, 2.24) is 0 Å². The van der Waals surface area contributed by atoms with Gasteiger partial charge < -0.3 is 9.57 Å². The summed E-state index contributed by atoms with van der Waals surface area (Å²) in [6, 6.07) is 7.58. The van der Waals surface area contributed by atoms with Crippen molar-refractivity contribution in [3.8, 4) is 0 Å². The van der Waals surface area contributed by atoms with Gasteiger partial charge in [0.1, 0.15) is 5.71 Å². The Morgan fingerprint density at radius 3 is 2.44 bits per heavy atom. The molecule has 0 N–H and O–H groups in total. The van der Waals surface area contributed by atoms with E-state index >= 15 is 0 Å². The van der Waals surface area contributed by atoms with E-state index in [1.165, 1.54) is 0 Å². The first-order chi connectivity index (χ1) is 7.55. The fraction of sp³-hybridized carbons (Fsp3) is 0.417. The van der Waals surface area contributed by atoms with Crippen molar-refractivity contribution >= 4 is 17.3 Å². The van der Waals surface area contributed by atoms with Crippen molar-refractivity contribution in [2.45, 2.75) is 25.0 Å². The Morgan fingerprint density at radius 1 is 1.25 bits per heavy atom. The van der Waals surface area contributed by atoms with E-state index in [4.69, 9.17) is 21.2 Å². The molecule has 1 aromatic rings. The number of hydrogen-bond acceptors (Lipinski definition) is 3. The van der Waals surface area contributed by atoms with Crippen molar-refractivity contribution in [2.24, 2.45) is 5.16 Å². The molecule has 2 heterocycles. The van der Waals surface area contributed by atoms with E-state index in [2.05, 4.69) is 5.16 Å². The molecule has 0 amide bonds. The van der Waals surface area contributed by atoms with Crippen LogP contribution in [0, 0.1) is 0 Å². The Labute approximate surface area is 99.0 Å². The minimum atomic E-state index is -0.387. The normalized spacial score (nSPS) is 30.1. The second-order valence-electron chi connectivity index (χ2n) is 4.66. The lowest BCUT2D eigenvalue weighted by Crippen LogP contribution is -2.42. The Morgan fingerprint density at radius 2 is 1.88 bits per heavy atom. The molecule has 1 atom stereocenters. The van der Waals surface area contributed by atoms with E-state index in [0.29, 0.717) is 11.6 Å². The largest absolute Gasteiger partial charge is 0.386 e. The van der Waals surface area contributed by atoms with Crippen LogP contribution in [0.15, 0.2) is 29.4 Å². The summed E-state index contributed by atoms with van der Waals surface area (Å²) in [5, 5.41) is 4.87. The fourth-order valence-corrected chi connectivity index (χ4v) is 2.17. The molecule has 1 fully saturated rings. The summed E-state index contributed by atoms with van der Waals surface area (Å²) in [7, 11) is 0. The average molecular weight is 238 g/mol. The monoisotopic (exact) mass is 237 g/mol. The van der Waals surface area contributed by atoms with Gasteiger partial charge in [-0.3, -0.25) is 0 Å². The number of benzene rings is 1. The maximum Gasteiger partial charge on any atom is 0.178 e. The quantitative estimate of drug-likeness (QED) is 0.704. The minimum Gasteiger partial charge on any atom is -0.386 e. The molecule has 84 valence electrons. The third-order valence-electron chi connectivity index (χ3n) is 3.27. The maximum atomic E-state index is 5.86. The van der Waals surface area contributed by atoms with Gasteiger partial charge in [-0.15, -0.1) is 0 Å². The van der Waals surface area contributed by atoms with Crippen LogP contribution in [-0.4, -0.2) is 23.5 Å². The van der Waals surface area contributed by atoms with Crippen LogP contribution in [0.5, 0.6) is 0 Å². The molecular formula is C12H12ClNO2. The van der Waals surface area contributed by atoms with Gasteiger partial charge in [-0.2, -0.15) is 0 Å². The molecule has 16 heavy (non-hydrogen) atoms. The summed E-state index contributed by atoms with van der Waals surface area (Å²) in [5.41, 5.74) is 1.13. The first kappa shape index (κ1) is 10.1. The predicted octanol–water partition coefficient (Wildman–Crippen LogP) is 2.62. The number of epoxide rings is 1. The fourth-order valence-electron chi connectivity index (χ4n) is 2.04. The van der Waals surface area contributed by atoms with E-state index in [-0.39, 0.29) is 11.2 Å². The van der Waals surface area contributed by atoms with Crippen molar-refractivity contribution in [3.63, 3.8) is 0 Å². The van der Waals surface area contributed by atoms with Crippen LogP contribution in [0.4, 0.5) is 0 Å². The minimum absolute atomic E-state index is 0.360. The van der Waals surface area contributed by atoms with Crippen LogP contribution in [0.1, 0.15) is 19.4 Å². The summed E-state index contributed by atoms with van der Waals surface area (Å²) in [6.07, 6.45) is 0. The molecule has 3 nitrogen and oxygen atoms in total. The summed E-state index contributed by atoms with van der Waals surface area (Å²) in [4.78, 5) is 5.45. The Balaban J connectivity index is 2.01. The molecule has 2 aliphatic heterocycles. The standard InChI is InChI=1S/C12H12ClNO2/c1-11(2)12(7-15-12)10(14-16-11)8-3-5-9(13)6-4-8/h3-6H,7H2,1-2H3. The number of nitrogens with zero attached hydrogens (tertiary/aromatic N) is 1. The molecule has 0 saturated carbocycles. The summed E-state index contributed by atoms with van der Waals surface area (Å²) >= 11 is 5.86.